The maximum atomic E-state index is 13.7. The number of alkyl carbamates (subject to hydrolysis) is 1. The first-order valence-electron chi connectivity index (χ1n) is 11.2. The fraction of sp³-hybridized carbons (Fsp3) is 0.400. The lowest BCUT2D eigenvalue weighted by Gasteiger charge is -2.39. The number of carbonyl (C=O) groups is 3. The molecule has 7 nitrogen and oxygen atoms in total. The first-order valence-corrected chi connectivity index (χ1v) is 11.2. The van der Waals surface area contributed by atoms with Gasteiger partial charge in [-0.25, -0.2) is 13.6 Å². The third kappa shape index (κ3) is 4.88. The van der Waals surface area contributed by atoms with Crippen molar-refractivity contribution in [3.63, 3.8) is 0 Å². The quantitative estimate of drug-likeness (QED) is 0.662. The van der Waals surface area contributed by atoms with E-state index in [0.29, 0.717) is 0 Å². The summed E-state index contributed by atoms with van der Waals surface area (Å²) in [4.78, 5) is 38.0. The standard InChI is InChI=1S/C25H26F2N2O5/c1-15-13-25(26,27)10-11-29(15)23(32)21(12-22(30)31)28-24(33)34-14-20-18-8-4-2-6-16(18)17-7-3-5-9-19(17)20/h2-9,15,20-21H,10-14H2,1H3,(H,28,33)(H,30,31). The van der Waals surface area contributed by atoms with Gasteiger partial charge in [-0.2, -0.15) is 0 Å². The number of hydrogen-bond donors (Lipinski definition) is 2. The third-order valence-corrected chi connectivity index (χ3v) is 6.44. The van der Waals surface area contributed by atoms with Crippen LogP contribution in [0.4, 0.5) is 13.6 Å². The van der Waals surface area contributed by atoms with Crippen molar-refractivity contribution in [1.82, 2.24) is 10.2 Å². The first kappa shape index (κ1) is 23.7. The smallest absolute Gasteiger partial charge is 0.407 e. The SMILES string of the molecule is CC1CC(F)(F)CCN1C(=O)C(CC(=O)O)NC(=O)OCC1c2ccccc2-c2ccccc21. The van der Waals surface area contributed by atoms with Crippen LogP contribution < -0.4 is 5.32 Å². The van der Waals surface area contributed by atoms with Crippen molar-refractivity contribution in [3.8, 4) is 11.1 Å². The Morgan fingerprint density at radius 3 is 2.26 bits per heavy atom. The summed E-state index contributed by atoms with van der Waals surface area (Å²) in [5.41, 5.74) is 4.14. The Morgan fingerprint density at radius 2 is 1.71 bits per heavy atom. The number of carboxylic acids is 1. The van der Waals surface area contributed by atoms with Crippen molar-refractivity contribution in [2.75, 3.05) is 13.2 Å². The van der Waals surface area contributed by atoms with Crippen LogP contribution in [0, 0.1) is 0 Å². The summed E-state index contributed by atoms with van der Waals surface area (Å²) in [6.45, 7) is 1.27. The number of halogens is 2. The largest absolute Gasteiger partial charge is 0.481 e. The Hall–Kier alpha value is -3.49. The zero-order valence-corrected chi connectivity index (χ0v) is 18.7. The zero-order valence-electron chi connectivity index (χ0n) is 18.7. The minimum Gasteiger partial charge on any atom is -0.481 e. The average molecular weight is 472 g/mol. The highest BCUT2D eigenvalue weighted by atomic mass is 19.3. The van der Waals surface area contributed by atoms with Gasteiger partial charge in [-0.05, 0) is 29.2 Å². The lowest BCUT2D eigenvalue weighted by Crippen LogP contribution is -2.56. The van der Waals surface area contributed by atoms with Gasteiger partial charge in [0.15, 0.2) is 0 Å². The molecule has 1 fully saturated rings. The van der Waals surface area contributed by atoms with Crippen LogP contribution in [0.5, 0.6) is 0 Å². The number of carboxylic acid groups (broad SMARTS) is 1. The first-order chi connectivity index (χ1) is 16.2. The van der Waals surface area contributed by atoms with Crippen LogP contribution in [0.2, 0.25) is 0 Å². The summed E-state index contributed by atoms with van der Waals surface area (Å²) in [7, 11) is 0. The number of ether oxygens (including phenoxy) is 1. The summed E-state index contributed by atoms with van der Waals surface area (Å²) >= 11 is 0. The Morgan fingerprint density at radius 1 is 1.12 bits per heavy atom. The van der Waals surface area contributed by atoms with Gasteiger partial charge in [0, 0.05) is 31.3 Å². The summed E-state index contributed by atoms with van der Waals surface area (Å²) < 4.78 is 32.7. The molecule has 0 spiro atoms. The molecule has 0 bridgehead atoms. The number of rotatable bonds is 6. The van der Waals surface area contributed by atoms with Crippen molar-refractivity contribution in [2.45, 2.75) is 50.1 Å². The molecule has 2 N–H and O–H groups in total. The maximum Gasteiger partial charge on any atom is 0.407 e. The minimum absolute atomic E-state index is 0.000180. The molecule has 2 aliphatic rings. The Kier molecular flexibility index (Phi) is 6.54. The monoisotopic (exact) mass is 472 g/mol. The van der Waals surface area contributed by atoms with E-state index in [9.17, 15) is 28.3 Å². The maximum absolute atomic E-state index is 13.7. The summed E-state index contributed by atoms with van der Waals surface area (Å²) in [6.07, 6.45) is -2.63. The Labute approximate surface area is 195 Å². The van der Waals surface area contributed by atoms with Gasteiger partial charge < -0.3 is 20.1 Å². The number of benzene rings is 2. The Bertz CT molecular complexity index is 1060. The number of nitrogens with zero attached hydrogens (tertiary/aromatic N) is 1. The molecule has 1 saturated heterocycles. The Balaban J connectivity index is 1.43. The number of likely N-dealkylation sites (tertiary alicyclic amines) is 1. The van der Waals surface area contributed by atoms with Gasteiger partial charge in [0.2, 0.25) is 5.91 Å². The summed E-state index contributed by atoms with van der Waals surface area (Å²) in [5.74, 6) is -5.08. The highest BCUT2D eigenvalue weighted by molar-refractivity contribution is 5.89. The second-order valence-corrected chi connectivity index (χ2v) is 8.81. The lowest BCUT2D eigenvalue weighted by molar-refractivity contribution is -0.148. The van der Waals surface area contributed by atoms with Crippen molar-refractivity contribution < 1.29 is 33.0 Å². The van der Waals surface area contributed by atoms with Crippen molar-refractivity contribution in [3.05, 3.63) is 59.7 Å². The van der Waals surface area contributed by atoms with Crippen molar-refractivity contribution in [1.29, 1.82) is 0 Å². The molecular formula is C25H26F2N2O5. The van der Waals surface area contributed by atoms with Crippen LogP contribution in [-0.4, -0.2) is 59.1 Å². The van der Waals surface area contributed by atoms with E-state index < -0.39 is 55.2 Å². The highest BCUT2D eigenvalue weighted by Crippen LogP contribution is 2.44. The third-order valence-electron chi connectivity index (χ3n) is 6.44. The van der Waals surface area contributed by atoms with Gasteiger partial charge >= 0.3 is 12.1 Å². The normalized spacial score (nSPS) is 19.6. The number of hydrogen-bond acceptors (Lipinski definition) is 4. The van der Waals surface area contributed by atoms with Gasteiger partial charge in [-0.3, -0.25) is 9.59 Å². The van der Waals surface area contributed by atoms with Gasteiger partial charge in [0.25, 0.3) is 5.92 Å². The molecule has 2 unspecified atom stereocenters. The molecule has 0 aromatic heterocycles. The van der Waals surface area contributed by atoms with Crippen molar-refractivity contribution in [2.24, 2.45) is 0 Å². The van der Waals surface area contributed by atoms with Gasteiger partial charge in [-0.1, -0.05) is 48.5 Å². The predicted molar refractivity (Wildman–Crippen MR) is 120 cm³/mol. The second kappa shape index (κ2) is 9.40. The van der Waals surface area contributed by atoms with Crippen LogP contribution in [0.25, 0.3) is 11.1 Å². The van der Waals surface area contributed by atoms with E-state index in [0.717, 1.165) is 22.3 Å². The molecular weight excluding hydrogens is 446 g/mol. The van der Waals surface area contributed by atoms with E-state index in [2.05, 4.69) is 5.32 Å². The summed E-state index contributed by atoms with van der Waals surface area (Å²) in [5, 5.41) is 11.6. The fourth-order valence-corrected chi connectivity index (χ4v) is 4.83. The zero-order chi connectivity index (χ0) is 24.5. The van der Waals surface area contributed by atoms with E-state index in [-0.39, 0.29) is 19.1 Å². The van der Waals surface area contributed by atoms with E-state index in [1.165, 1.54) is 11.8 Å². The van der Waals surface area contributed by atoms with Crippen molar-refractivity contribution >= 4 is 18.0 Å². The molecule has 0 saturated carbocycles. The molecule has 1 aliphatic carbocycles. The fourth-order valence-electron chi connectivity index (χ4n) is 4.83. The molecule has 9 heteroatoms. The molecule has 2 aromatic rings. The highest BCUT2D eigenvalue weighted by Gasteiger charge is 2.42. The number of alkyl halides is 2. The molecule has 2 amide bonds. The minimum atomic E-state index is -2.88. The number of carbonyl (C=O) groups excluding carboxylic acids is 2. The van der Waals surface area contributed by atoms with Crippen LogP contribution in [0.1, 0.15) is 43.2 Å². The van der Waals surface area contributed by atoms with E-state index in [1.54, 1.807) is 0 Å². The molecule has 180 valence electrons. The number of piperidine rings is 1. The number of fused-ring (bicyclic) bond motifs is 3. The molecule has 1 aliphatic heterocycles. The van der Waals surface area contributed by atoms with E-state index >= 15 is 0 Å². The lowest BCUT2D eigenvalue weighted by atomic mass is 9.98. The van der Waals surface area contributed by atoms with E-state index in [4.69, 9.17) is 4.74 Å². The molecule has 2 atom stereocenters. The average Bonchev–Trinajstić information content (AvgIpc) is 3.10. The number of aliphatic carboxylic acids is 1. The molecule has 0 radical (unpaired) electrons. The molecule has 4 rings (SSSR count). The van der Waals surface area contributed by atoms with Gasteiger partial charge in [0.05, 0.1) is 6.42 Å². The van der Waals surface area contributed by atoms with E-state index in [1.807, 2.05) is 48.5 Å². The molecule has 2 aromatic carbocycles. The predicted octanol–water partition coefficient (Wildman–Crippen LogP) is 4.01. The summed E-state index contributed by atoms with van der Waals surface area (Å²) in [6, 6.07) is 13.4. The van der Waals surface area contributed by atoms with Crippen LogP contribution >= 0.6 is 0 Å². The van der Waals surface area contributed by atoms with Crippen LogP contribution in [0.3, 0.4) is 0 Å². The molecule has 34 heavy (non-hydrogen) atoms. The second-order valence-electron chi connectivity index (χ2n) is 8.81. The van der Waals surface area contributed by atoms with Crippen LogP contribution in [-0.2, 0) is 14.3 Å². The molecule has 1 heterocycles. The van der Waals surface area contributed by atoms with Gasteiger partial charge in [-0.15, -0.1) is 0 Å². The van der Waals surface area contributed by atoms with Crippen LogP contribution in [0.15, 0.2) is 48.5 Å². The van der Waals surface area contributed by atoms with Gasteiger partial charge in [0.1, 0.15) is 12.6 Å². The number of nitrogens with one attached hydrogen (secondary N) is 1. The topological polar surface area (TPSA) is 95.9 Å². The number of amides is 2.